The van der Waals surface area contributed by atoms with Gasteiger partial charge in [0.2, 0.25) is 0 Å². The second kappa shape index (κ2) is 9.66. The summed E-state index contributed by atoms with van der Waals surface area (Å²) < 4.78 is 45.5. The summed E-state index contributed by atoms with van der Waals surface area (Å²) >= 11 is 0. The standard InChI is InChI=1S/C20H22F3N3O4/c21-20(22,23)30-16-5-3-15(4-6-16)25-19(28)18(27)24-12-14-7-9-26(10-8-14)13-17-2-1-11-29-17/h1-6,11,14H,7-10,12-13H2,(H,24,27)(H,25,28). The van der Waals surface area contributed by atoms with E-state index < -0.39 is 23.9 Å². The Bertz CT molecular complexity index is 830. The normalized spacial score (nSPS) is 15.6. The highest BCUT2D eigenvalue weighted by atomic mass is 19.4. The molecule has 2 aromatic rings. The summed E-state index contributed by atoms with van der Waals surface area (Å²) in [7, 11) is 0. The van der Waals surface area contributed by atoms with Crippen LogP contribution in [0.4, 0.5) is 18.9 Å². The number of carbonyl (C=O) groups is 2. The Labute approximate surface area is 171 Å². The van der Waals surface area contributed by atoms with E-state index in [-0.39, 0.29) is 11.6 Å². The first-order chi connectivity index (χ1) is 14.3. The van der Waals surface area contributed by atoms with Crippen molar-refractivity contribution in [2.24, 2.45) is 5.92 Å². The van der Waals surface area contributed by atoms with Gasteiger partial charge in [-0.3, -0.25) is 14.5 Å². The molecule has 3 rings (SSSR count). The van der Waals surface area contributed by atoms with Crippen molar-refractivity contribution in [2.75, 3.05) is 25.0 Å². The average molecular weight is 425 g/mol. The number of anilines is 1. The van der Waals surface area contributed by atoms with Crippen LogP contribution in [0.3, 0.4) is 0 Å². The van der Waals surface area contributed by atoms with Gasteiger partial charge >= 0.3 is 18.2 Å². The maximum absolute atomic E-state index is 12.2. The van der Waals surface area contributed by atoms with Crippen LogP contribution < -0.4 is 15.4 Å². The highest BCUT2D eigenvalue weighted by molar-refractivity contribution is 6.39. The number of carbonyl (C=O) groups excluding carboxylic acids is 2. The number of amides is 2. The zero-order valence-electron chi connectivity index (χ0n) is 16.1. The van der Waals surface area contributed by atoms with Crippen LogP contribution in [0.2, 0.25) is 0 Å². The molecule has 1 saturated heterocycles. The predicted octanol–water partition coefficient (Wildman–Crippen LogP) is 3.15. The second-order valence-corrected chi connectivity index (χ2v) is 7.04. The molecule has 7 nitrogen and oxygen atoms in total. The van der Waals surface area contributed by atoms with Crippen molar-refractivity contribution in [3.8, 4) is 5.75 Å². The third-order valence-electron chi connectivity index (χ3n) is 4.77. The molecule has 1 aliphatic rings. The lowest BCUT2D eigenvalue weighted by molar-refractivity contribution is -0.274. The number of alkyl halides is 3. The van der Waals surface area contributed by atoms with Crippen LogP contribution in [0.1, 0.15) is 18.6 Å². The molecule has 1 aliphatic heterocycles. The van der Waals surface area contributed by atoms with Crippen molar-refractivity contribution in [1.29, 1.82) is 0 Å². The number of ether oxygens (including phenoxy) is 1. The molecule has 162 valence electrons. The van der Waals surface area contributed by atoms with Gasteiger partial charge in [0, 0.05) is 12.2 Å². The molecule has 30 heavy (non-hydrogen) atoms. The van der Waals surface area contributed by atoms with Crippen molar-refractivity contribution >= 4 is 17.5 Å². The van der Waals surface area contributed by atoms with Crippen molar-refractivity contribution in [2.45, 2.75) is 25.7 Å². The fourth-order valence-electron chi connectivity index (χ4n) is 3.22. The first-order valence-corrected chi connectivity index (χ1v) is 9.48. The first kappa shape index (κ1) is 21.7. The van der Waals surface area contributed by atoms with Gasteiger partial charge in [-0.2, -0.15) is 0 Å². The first-order valence-electron chi connectivity index (χ1n) is 9.48. The minimum atomic E-state index is -4.79. The Kier molecular flexibility index (Phi) is 6.99. The number of benzene rings is 1. The van der Waals surface area contributed by atoms with Gasteiger partial charge in [0.15, 0.2) is 0 Å². The topological polar surface area (TPSA) is 83.8 Å². The number of likely N-dealkylation sites (tertiary alicyclic amines) is 1. The molecule has 2 N–H and O–H groups in total. The van der Waals surface area contributed by atoms with Gasteiger partial charge in [0.1, 0.15) is 11.5 Å². The molecular formula is C20H22F3N3O4. The fraction of sp³-hybridized carbons (Fsp3) is 0.400. The maximum Gasteiger partial charge on any atom is 0.573 e. The maximum atomic E-state index is 12.2. The molecule has 0 saturated carbocycles. The highest BCUT2D eigenvalue weighted by Crippen LogP contribution is 2.24. The van der Waals surface area contributed by atoms with Gasteiger partial charge in [-0.1, -0.05) is 0 Å². The Morgan fingerprint density at radius 3 is 2.40 bits per heavy atom. The third-order valence-corrected chi connectivity index (χ3v) is 4.77. The van der Waals surface area contributed by atoms with Crippen molar-refractivity contribution < 1.29 is 31.9 Å². The van der Waals surface area contributed by atoms with Crippen molar-refractivity contribution in [3.63, 3.8) is 0 Å². The number of hydrogen-bond donors (Lipinski definition) is 2. The number of hydrogen-bond acceptors (Lipinski definition) is 5. The van der Waals surface area contributed by atoms with Crippen LogP contribution in [0.15, 0.2) is 47.1 Å². The van der Waals surface area contributed by atoms with Crippen LogP contribution in [0.5, 0.6) is 5.75 Å². The number of rotatable bonds is 6. The van der Waals surface area contributed by atoms with E-state index in [1.54, 1.807) is 6.26 Å². The van der Waals surface area contributed by atoms with Crippen LogP contribution in [-0.2, 0) is 16.1 Å². The molecular weight excluding hydrogens is 403 g/mol. The molecule has 0 radical (unpaired) electrons. The number of nitrogens with zero attached hydrogens (tertiary/aromatic N) is 1. The van der Waals surface area contributed by atoms with E-state index in [0.29, 0.717) is 6.54 Å². The van der Waals surface area contributed by atoms with Crippen LogP contribution in [0.25, 0.3) is 0 Å². The van der Waals surface area contributed by atoms with Crippen molar-refractivity contribution in [3.05, 3.63) is 48.4 Å². The van der Waals surface area contributed by atoms with E-state index in [9.17, 15) is 22.8 Å². The van der Waals surface area contributed by atoms with Gasteiger partial charge in [0.05, 0.1) is 12.8 Å². The third kappa shape index (κ3) is 6.80. The molecule has 0 spiro atoms. The Hall–Kier alpha value is -3.01. The summed E-state index contributed by atoms with van der Waals surface area (Å²) in [4.78, 5) is 26.3. The molecule has 1 fully saturated rings. The zero-order chi connectivity index (χ0) is 21.6. The molecule has 2 heterocycles. The second-order valence-electron chi connectivity index (χ2n) is 7.04. The molecule has 0 aliphatic carbocycles. The van der Waals surface area contributed by atoms with Crippen LogP contribution in [0, 0.1) is 5.92 Å². The van der Waals surface area contributed by atoms with E-state index >= 15 is 0 Å². The zero-order valence-corrected chi connectivity index (χ0v) is 16.1. The van der Waals surface area contributed by atoms with Gasteiger partial charge < -0.3 is 19.8 Å². The molecule has 1 aromatic carbocycles. The van der Waals surface area contributed by atoms with Gasteiger partial charge in [-0.25, -0.2) is 0 Å². The number of piperidine rings is 1. The average Bonchev–Trinajstić information content (AvgIpc) is 3.20. The Balaban J connectivity index is 1.37. The molecule has 0 unspecified atom stereocenters. The monoisotopic (exact) mass is 425 g/mol. The minimum Gasteiger partial charge on any atom is -0.468 e. The lowest BCUT2D eigenvalue weighted by Crippen LogP contribution is -2.41. The summed E-state index contributed by atoms with van der Waals surface area (Å²) in [6, 6.07) is 8.34. The fourth-order valence-corrected chi connectivity index (χ4v) is 3.22. The number of halogens is 3. The Morgan fingerprint density at radius 2 is 1.80 bits per heavy atom. The van der Waals surface area contributed by atoms with E-state index in [1.165, 1.54) is 12.1 Å². The SMILES string of the molecule is O=C(NCC1CCN(Cc2ccco2)CC1)C(=O)Nc1ccc(OC(F)(F)F)cc1. The van der Waals surface area contributed by atoms with Crippen LogP contribution >= 0.6 is 0 Å². The van der Waals surface area contributed by atoms with E-state index in [1.807, 2.05) is 12.1 Å². The predicted molar refractivity (Wildman–Crippen MR) is 101 cm³/mol. The van der Waals surface area contributed by atoms with E-state index in [2.05, 4.69) is 20.3 Å². The Morgan fingerprint density at radius 1 is 1.10 bits per heavy atom. The largest absolute Gasteiger partial charge is 0.573 e. The lowest BCUT2D eigenvalue weighted by atomic mass is 9.96. The molecule has 1 aromatic heterocycles. The minimum absolute atomic E-state index is 0.191. The lowest BCUT2D eigenvalue weighted by Gasteiger charge is -2.31. The molecule has 10 heteroatoms. The summed E-state index contributed by atoms with van der Waals surface area (Å²) in [6.07, 6.45) is -1.36. The van der Waals surface area contributed by atoms with Gasteiger partial charge in [0.25, 0.3) is 0 Å². The molecule has 2 amide bonds. The number of nitrogens with one attached hydrogen (secondary N) is 2. The summed E-state index contributed by atoms with van der Waals surface area (Å²) in [5.41, 5.74) is 0.191. The van der Waals surface area contributed by atoms with Crippen molar-refractivity contribution in [1.82, 2.24) is 10.2 Å². The van der Waals surface area contributed by atoms with E-state index in [4.69, 9.17) is 4.42 Å². The number of furan rings is 1. The summed E-state index contributed by atoms with van der Waals surface area (Å²) in [6.45, 7) is 2.89. The highest BCUT2D eigenvalue weighted by Gasteiger charge is 2.31. The quantitative estimate of drug-likeness (QED) is 0.695. The van der Waals surface area contributed by atoms with E-state index in [0.717, 1.165) is 50.4 Å². The smallest absolute Gasteiger partial charge is 0.468 e. The molecule has 0 atom stereocenters. The molecule has 0 bridgehead atoms. The van der Waals surface area contributed by atoms with Crippen LogP contribution in [-0.4, -0.2) is 42.7 Å². The van der Waals surface area contributed by atoms with Gasteiger partial charge in [-0.15, -0.1) is 13.2 Å². The summed E-state index contributed by atoms with van der Waals surface area (Å²) in [5.74, 6) is -0.897. The van der Waals surface area contributed by atoms with Gasteiger partial charge in [-0.05, 0) is 68.2 Å². The summed E-state index contributed by atoms with van der Waals surface area (Å²) in [5, 5.41) is 4.96.